The van der Waals surface area contributed by atoms with Crippen LogP contribution in [0.4, 0.5) is 5.69 Å². The molecule has 0 amide bonds. The van der Waals surface area contributed by atoms with Crippen LogP contribution in [0, 0.1) is 0 Å². The first-order chi connectivity index (χ1) is 8.81. The van der Waals surface area contributed by atoms with Crippen LogP contribution in [-0.2, 0) is 6.54 Å². The lowest BCUT2D eigenvalue weighted by atomic mass is 10.2. The highest BCUT2D eigenvalue weighted by atomic mass is 16.5. The number of rotatable bonds is 5. The predicted octanol–water partition coefficient (Wildman–Crippen LogP) is 2.11. The van der Waals surface area contributed by atoms with Crippen LogP contribution in [0.2, 0.25) is 0 Å². The van der Waals surface area contributed by atoms with Crippen molar-refractivity contribution in [3.8, 4) is 11.5 Å². The Balaban J connectivity index is 2.09. The summed E-state index contributed by atoms with van der Waals surface area (Å²) < 4.78 is 10.4. The first-order valence-electron chi connectivity index (χ1n) is 5.54. The Morgan fingerprint density at radius 2 is 1.61 bits per heavy atom. The Labute approximate surface area is 106 Å². The molecular formula is C13H15N3O2. The van der Waals surface area contributed by atoms with E-state index in [4.69, 9.17) is 9.47 Å². The third-order valence-corrected chi connectivity index (χ3v) is 2.42. The molecule has 1 N–H and O–H groups in total. The number of hydrogen-bond acceptors (Lipinski definition) is 5. The van der Waals surface area contributed by atoms with Gasteiger partial charge in [-0.15, -0.1) is 0 Å². The molecule has 1 aromatic heterocycles. The Morgan fingerprint density at radius 1 is 1.00 bits per heavy atom. The summed E-state index contributed by atoms with van der Waals surface area (Å²) >= 11 is 0. The minimum atomic E-state index is 0.553. The predicted molar refractivity (Wildman–Crippen MR) is 68.9 cm³/mol. The van der Waals surface area contributed by atoms with E-state index in [-0.39, 0.29) is 0 Å². The summed E-state index contributed by atoms with van der Waals surface area (Å²) in [6, 6.07) is 7.40. The fraction of sp³-hybridized carbons (Fsp3) is 0.231. The Bertz CT molecular complexity index is 481. The smallest absolute Gasteiger partial charge is 0.147 e. The lowest BCUT2D eigenvalue weighted by Gasteiger charge is -2.10. The summed E-state index contributed by atoms with van der Waals surface area (Å²) in [6.45, 7) is 0.553. The second-order valence-electron chi connectivity index (χ2n) is 3.62. The number of hydrogen-bond donors (Lipinski definition) is 1. The van der Waals surface area contributed by atoms with Crippen LogP contribution in [0.5, 0.6) is 11.5 Å². The van der Waals surface area contributed by atoms with E-state index < -0.39 is 0 Å². The van der Waals surface area contributed by atoms with Crippen LogP contribution < -0.4 is 14.8 Å². The third kappa shape index (κ3) is 3.10. The van der Waals surface area contributed by atoms with Gasteiger partial charge in [0.05, 0.1) is 20.8 Å². The summed E-state index contributed by atoms with van der Waals surface area (Å²) in [4.78, 5) is 8.29. The van der Waals surface area contributed by atoms with Gasteiger partial charge in [0.25, 0.3) is 0 Å². The van der Waals surface area contributed by atoms with Crippen LogP contribution in [0.1, 0.15) is 5.82 Å². The molecule has 0 bridgehead atoms. The molecule has 2 rings (SSSR count). The number of aromatic nitrogens is 2. The highest BCUT2D eigenvalue weighted by molar-refractivity contribution is 5.53. The highest BCUT2D eigenvalue weighted by Gasteiger charge is 2.02. The summed E-state index contributed by atoms with van der Waals surface area (Å²) in [5.74, 6) is 2.22. The first kappa shape index (κ1) is 12.2. The van der Waals surface area contributed by atoms with E-state index >= 15 is 0 Å². The maximum atomic E-state index is 5.20. The molecule has 0 atom stereocenters. The average molecular weight is 245 g/mol. The number of methoxy groups -OCH3 is 2. The van der Waals surface area contributed by atoms with Gasteiger partial charge in [-0.3, -0.25) is 0 Å². The molecule has 0 aliphatic carbocycles. The summed E-state index contributed by atoms with van der Waals surface area (Å²) in [7, 11) is 3.25. The fourth-order valence-electron chi connectivity index (χ4n) is 1.51. The maximum Gasteiger partial charge on any atom is 0.147 e. The molecule has 0 aliphatic rings. The summed E-state index contributed by atoms with van der Waals surface area (Å²) in [5, 5.41) is 3.23. The molecule has 0 unspecified atom stereocenters. The summed E-state index contributed by atoms with van der Waals surface area (Å²) in [5.41, 5.74) is 0.902. The Morgan fingerprint density at radius 3 is 2.17 bits per heavy atom. The van der Waals surface area contributed by atoms with E-state index in [1.807, 2.05) is 18.2 Å². The van der Waals surface area contributed by atoms with Crippen LogP contribution >= 0.6 is 0 Å². The van der Waals surface area contributed by atoms with Gasteiger partial charge < -0.3 is 14.8 Å². The second kappa shape index (κ2) is 5.86. The molecule has 1 heterocycles. The van der Waals surface area contributed by atoms with Gasteiger partial charge >= 0.3 is 0 Å². The highest BCUT2D eigenvalue weighted by Crippen LogP contribution is 2.25. The molecular weight excluding hydrogens is 230 g/mol. The van der Waals surface area contributed by atoms with Gasteiger partial charge in [-0.1, -0.05) is 0 Å². The monoisotopic (exact) mass is 245 g/mol. The maximum absolute atomic E-state index is 5.20. The Hall–Kier alpha value is -2.30. The molecule has 0 fully saturated rings. The molecule has 0 saturated heterocycles. The SMILES string of the molecule is COc1cc(NCc2ncccn2)cc(OC)c1. The number of ether oxygens (including phenoxy) is 2. The summed E-state index contributed by atoms with van der Waals surface area (Å²) in [6.07, 6.45) is 3.44. The van der Waals surface area contributed by atoms with Crippen molar-refractivity contribution in [2.75, 3.05) is 19.5 Å². The van der Waals surface area contributed by atoms with Crippen molar-refractivity contribution in [2.45, 2.75) is 6.54 Å². The van der Waals surface area contributed by atoms with Crippen molar-refractivity contribution in [1.82, 2.24) is 9.97 Å². The normalized spacial score (nSPS) is 9.89. The van der Waals surface area contributed by atoms with E-state index in [1.54, 1.807) is 32.7 Å². The zero-order valence-corrected chi connectivity index (χ0v) is 10.4. The van der Waals surface area contributed by atoms with Gasteiger partial charge in [0, 0.05) is 36.3 Å². The van der Waals surface area contributed by atoms with Crippen LogP contribution in [0.3, 0.4) is 0 Å². The molecule has 5 nitrogen and oxygen atoms in total. The largest absolute Gasteiger partial charge is 0.497 e. The molecule has 18 heavy (non-hydrogen) atoms. The zero-order chi connectivity index (χ0) is 12.8. The van der Waals surface area contributed by atoms with Crippen molar-refractivity contribution in [3.63, 3.8) is 0 Å². The molecule has 2 aromatic rings. The van der Waals surface area contributed by atoms with Crippen LogP contribution in [0.15, 0.2) is 36.7 Å². The lowest BCUT2D eigenvalue weighted by Crippen LogP contribution is -2.03. The van der Waals surface area contributed by atoms with Crippen LogP contribution in [0.25, 0.3) is 0 Å². The van der Waals surface area contributed by atoms with Crippen molar-refractivity contribution in [1.29, 1.82) is 0 Å². The van der Waals surface area contributed by atoms with E-state index in [1.165, 1.54) is 0 Å². The minimum Gasteiger partial charge on any atom is -0.497 e. The number of benzene rings is 1. The van der Waals surface area contributed by atoms with Crippen molar-refractivity contribution in [2.24, 2.45) is 0 Å². The number of nitrogens with zero attached hydrogens (tertiary/aromatic N) is 2. The zero-order valence-electron chi connectivity index (χ0n) is 10.4. The van der Waals surface area contributed by atoms with Gasteiger partial charge in [0.2, 0.25) is 0 Å². The standard InChI is InChI=1S/C13H15N3O2/c1-17-11-6-10(7-12(8-11)18-2)16-9-13-14-4-3-5-15-13/h3-8,16H,9H2,1-2H3. The second-order valence-corrected chi connectivity index (χ2v) is 3.62. The molecule has 94 valence electrons. The van der Waals surface area contributed by atoms with Gasteiger partial charge in [-0.2, -0.15) is 0 Å². The van der Waals surface area contributed by atoms with Gasteiger partial charge in [-0.05, 0) is 6.07 Å². The fourth-order valence-corrected chi connectivity index (χ4v) is 1.51. The molecule has 1 aromatic carbocycles. The molecule has 0 aliphatic heterocycles. The molecule has 0 saturated carbocycles. The topological polar surface area (TPSA) is 56.3 Å². The van der Waals surface area contributed by atoms with Crippen molar-refractivity contribution >= 4 is 5.69 Å². The minimum absolute atomic E-state index is 0.553. The molecule has 0 spiro atoms. The Kier molecular flexibility index (Phi) is 3.96. The van der Waals surface area contributed by atoms with E-state index in [0.29, 0.717) is 6.54 Å². The first-order valence-corrected chi connectivity index (χ1v) is 5.54. The molecule has 0 radical (unpaired) electrons. The lowest BCUT2D eigenvalue weighted by molar-refractivity contribution is 0.394. The van der Waals surface area contributed by atoms with E-state index in [9.17, 15) is 0 Å². The average Bonchev–Trinajstić information content (AvgIpc) is 2.45. The van der Waals surface area contributed by atoms with Crippen LogP contribution in [-0.4, -0.2) is 24.2 Å². The number of nitrogens with one attached hydrogen (secondary N) is 1. The van der Waals surface area contributed by atoms with Gasteiger partial charge in [0.1, 0.15) is 17.3 Å². The quantitative estimate of drug-likeness (QED) is 0.874. The van der Waals surface area contributed by atoms with Crippen molar-refractivity contribution in [3.05, 3.63) is 42.5 Å². The van der Waals surface area contributed by atoms with Gasteiger partial charge in [0.15, 0.2) is 0 Å². The van der Waals surface area contributed by atoms with E-state index in [2.05, 4.69) is 15.3 Å². The third-order valence-electron chi connectivity index (χ3n) is 2.42. The molecule has 5 heteroatoms. The van der Waals surface area contributed by atoms with Gasteiger partial charge in [-0.25, -0.2) is 9.97 Å². The van der Waals surface area contributed by atoms with E-state index in [0.717, 1.165) is 23.0 Å². The number of anilines is 1. The van der Waals surface area contributed by atoms with Crippen molar-refractivity contribution < 1.29 is 9.47 Å².